The minimum absolute atomic E-state index is 0.0199. The molecule has 19 heavy (non-hydrogen) atoms. The van der Waals surface area contributed by atoms with E-state index in [1.807, 2.05) is 0 Å². The molecule has 8 heteroatoms. The summed E-state index contributed by atoms with van der Waals surface area (Å²) >= 11 is 0. The van der Waals surface area contributed by atoms with E-state index in [2.05, 4.69) is 10.1 Å². The molecule has 0 saturated carbocycles. The van der Waals surface area contributed by atoms with Crippen LogP contribution in [0, 0.1) is 0 Å². The number of anilines is 1. The average molecular weight is 273 g/mol. The van der Waals surface area contributed by atoms with Crippen molar-refractivity contribution < 1.29 is 22.8 Å². The van der Waals surface area contributed by atoms with Crippen molar-refractivity contribution in [3.05, 3.63) is 29.6 Å². The van der Waals surface area contributed by atoms with Gasteiger partial charge in [0.15, 0.2) is 5.82 Å². The molecule has 0 radical (unpaired) electrons. The predicted octanol–water partition coefficient (Wildman–Crippen LogP) is 1.87. The van der Waals surface area contributed by atoms with Crippen LogP contribution in [0.5, 0.6) is 0 Å². The first-order valence-electron chi connectivity index (χ1n) is 5.32. The number of aliphatic hydroxyl groups excluding tert-OH is 1. The van der Waals surface area contributed by atoms with E-state index in [1.54, 1.807) is 0 Å². The molecule has 2 rings (SSSR count). The lowest BCUT2D eigenvalue weighted by atomic mass is 10.1. The summed E-state index contributed by atoms with van der Waals surface area (Å²) in [5.74, 6) is 0.0985. The normalized spacial score (nSPS) is 11.8. The largest absolute Gasteiger partial charge is 0.416 e. The number of rotatable bonds is 3. The van der Waals surface area contributed by atoms with Gasteiger partial charge in [0.2, 0.25) is 0 Å². The van der Waals surface area contributed by atoms with Gasteiger partial charge in [0.1, 0.15) is 0 Å². The lowest BCUT2D eigenvalue weighted by Gasteiger charge is -2.08. The third-order valence-corrected chi connectivity index (χ3v) is 2.41. The standard InChI is InChI=1S/C11H10F3N3O2/c12-11(13,14)6-1-2-8(15)7(5-6)10-16-9(3-4-18)17-19-10/h1-2,5,18H,3-4,15H2. The number of benzene rings is 1. The molecule has 0 atom stereocenters. The molecule has 0 fully saturated rings. The van der Waals surface area contributed by atoms with Crippen LogP contribution in [0.4, 0.5) is 18.9 Å². The molecule has 1 heterocycles. The number of aromatic nitrogens is 2. The molecule has 0 spiro atoms. The summed E-state index contributed by atoms with van der Waals surface area (Å²) in [5, 5.41) is 12.2. The summed E-state index contributed by atoms with van der Waals surface area (Å²) in [6.45, 7) is -0.183. The van der Waals surface area contributed by atoms with E-state index in [9.17, 15) is 13.2 Å². The molecule has 5 nitrogen and oxygen atoms in total. The zero-order valence-corrected chi connectivity index (χ0v) is 9.61. The van der Waals surface area contributed by atoms with E-state index in [1.165, 1.54) is 0 Å². The second kappa shape index (κ2) is 4.88. The Hall–Kier alpha value is -2.09. The Balaban J connectivity index is 2.42. The number of hydrogen-bond donors (Lipinski definition) is 2. The molecular formula is C11H10F3N3O2. The van der Waals surface area contributed by atoms with Crippen molar-refractivity contribution >= 4 is 5.69 Å². The van der Waals surface area contributed by atoms with E-state index >= 15 is 0 Å². The number of hydrogen-bond acceptors (Lipinski definition) is 5. The fourth-order valence-electron chi connectivity index (χ4n) is 1.48. The Kier molecular flexibility index (Phi) is 3.43. The molecule has 0 aliphatic heterocycles. The van der Waals surface area contributed by atoms with Gasteiger partial charge in [0.05, 0.1) is 17.7 Å². The molecule has 1 aromatic carbocycles. The number of aliphatic hydroxyl groups is 1. The van der Waals surface area contributed by atoms with E-state index in [0.717, 1.165) is 18.2 Å². The molecule has 2 aromatic rings. The van der Waals surface area contributed by atoms with Crippen LogP contribution in [0.3, 0.4) is 0 Å². The van der Waals surface area contributed by atoms with Gasteiger partial charge in [0.25, 0.3) is 5.89 Å². The quantitative estimate of drug-likeness (QED) is 0.834. The van der Waals surface area contributed by atoms with Gasteiger partial charge in [0, 0.05) is 12.1 Å². The highest BCUT2D eigenvalue weighted by atomic mass is 19.4. The van der Waals surface area contributed by atoms with Crippen LogP contribution in [0.15, 0.2) is 22.7 Å². The van der Waals surface area contributed by atoms with Crippen LogP contribution in [-0.2, 0) is 12.6 Å². The topological polar surface area (TPSA) is 85.2 Å². The first-order valence-corrected chi connectivity index (χ1v) is 5.32. The van der Waals surface area contributed by atoms with Crippen molar-refractivity contribution in [1.29, 1.82) is 0 Å². The summed E-state index contributed by atoms with van der Waals surface area (Å²) < 4.78 is 42.6. The van der Waals surface area contributed by atoms with Crippen molar-refractivity contribution in [2.45, 2.75) is 12.6 Å². The molecule has 0 aliphatic rings. The Morgan fingerprint density at radius 1 is 1.32 bits per heavy atom. The first kappa shape index (κ1) is 13.3. The van der Waals surface area contributed by atoms with Crippen LogP contribution in [0.1, 0.15) is 11.4 Å². The zero-order chi connectivity index (χ0) is 14.0. The maximum absolute atomic E-state index is 12.6. The van der Waals surface area contributed by atoms with Gasteiger partial charge in [-0.15, -0.1) is 0 Å². The molecule has 0 saturated heterocycles. The van der Waals surface area contributed by atoms with Gasteiger partial charge in [-0.3, -0.25) is 0 Å². The third kappa shape index (κ3) is 2.84. The highest BCUT2D eigenvalue weighted by molar-refractivity contribution is 5.71. The third-order valence-electron chi connectivity index (χ3n) is 2.41. The monoisotopic (exact) mass is 273 g/mol. The molecule has 1 aromatic heterocycles. The lowest BCUT2D eigenvalue weighted by Crippen LogP contribution is -2.05. The maximum Gasteiger partial charge on any atom is 0.416 e. The van der Waals surface area contributed by atoms with Crippen LogP contribution in [0.25, 0.3) is 11.5 Å². The van der Waals surface area contributed by atoms with Crippen molar-refractivity contribution in [3.8, 4) is 11.5 Å². The smallest absolute Gasteiger partial charge is 0.398 e. The van der Waals surface area contributed by atoms with Gasteiger partial charge in [-0.25, -0.2) is 0 Å². The van der Waals surface area contributed by atoms with Gasteiger partial charge in [-0.05, 0) is 18.2 Å². The zero-order valence-electron chi connectivity index (χ0n) is 9.61. The second-order valence-corrected chi connectivity index (χ2v) is 3.79. The Bertz CT molecular complexity index is 581. The fraction of sp³-hybridized carbons (Fsp3) is 0.273. The molecule has 3 N–H and O–H groups in total. The number of halogens is 3. The summed E-state index contributed by atoms with van der Waals surface area (Å²) in [6, 6.07) is 2.86. The SMILES string of the molecule is Nc1ccc(C(F)(F)F)cc1-c1nc(CCO)no1. The summed E-state index contributed by atoms with van der Waals surface area (Å²) in [6.07, 6.45) is -4.32. The highest BCUT2D eigenvalue weighted by Crippen LogP contribution is 2.34. The van der Waals surface area contributed by atoms with E-state index in [4.69, 9.17) is 15.4 Å². The average Bonchev–Trinajstić information content (AvgIpc) is 2.77. The number of nitrogens with zero attached hydrogens (tertiary/aromatic N) is 2. The number of alkyl halides is 3. The minimum atomic E-state index is -4.48. The van der Waals surface area contributed by atoms with Crippen molar-refractivity contribution in [1.82, 2.24) is 10.1 Å². The van der Waals surface area contributed by atoms with Crippen molar-refractivity contribution in [3.63, 3.8) is 0 Å². The number of nitrogen functional groups attached to an aromatic ring is 1. The molecular weight excluding hydrogens is 263 g/mol. The lowest BCUT2D eigenvalue weighted by molar-refractivity contribution is -0.137. The number of nitrogens with two attached hydrogens (primary N) is 1. The van der Waals surface area contributed by atoms with E-state index in [-0.39, 0.29) is 36.0 Å². The van der Waals surface area contributed by atoms with Crippen LogP contribution in [-0.4, -0.2) is 21.9 Å². The summed E-state index contributed by atoms with van der Waals surface area (Å²) in [4.78, 5) is 3.87. The molecule has 0 unspecified atom stereocenters. The second-order valence-electron chi connectivity index (χ2n) is 3.79. The van der Waals surface area contributed by atoms with Gasteiger partial charge < -0.3 is 15.4 Å². The van der Waals surface area contributed by atoms with Gasteiger partial charge in [-0.2, -0.15) is 18.2 Å². The summed E-state index contributed by atoms with van der Waals surface area (Å²) in [5.41, 5.74) is 4.88. The predicted molar refractivity (Wildman–Crippen MR) is 59.9 cm³/mol. The van der Waals surface area contributed by atoms with E-state index < -0.39 is 11.7 Å². The van der Waals surface area contributed by atoms with Crippen molar-refractivity contribution in [2.24, 2.45) is 0 Å². The minimum Gasteiger partial charge on any atom is -0.398 e. The van der Waals surface area contributed by atoms with Gasteiger partial charge >= 0.3 is 6.18 Å². The Labute approximate surface area is 105 Å². The van der Waals surface area contributed by atoms with Crippen LogP contribution >= 0.6 is 0 Å². The fourth-order valence-corrected chi connectivity index (χ4v) is 1.48. The van der Waals surface area contributed by atoms with Crippen LogP contribution in [0.2, 0.25) is 0 Å². The highest BCUT2D eigenvalue weighted by Gasteiger charge is 2.31. The van der Waals surface area contributed by atoms with Crippen LogP contribution < -0.4 is 5.73 Å². The van der Waals surface area contributed by atoms with Gasteiger partial charge in [-0.1, -0.05) is 5.16 Å². The van der Waals surface area contributed by atoms with E-state index in [0.29, 0.717) is 0 Å². The molecule has 0 aliphatic carbocycles. The Morgan fingerprint density at radius 2 is 2.05 bits per heavy atom. The molecule has 0 amide bonds. The Morgan fingerprint density at radius 3 is 2.68 bits per heavy atom. The molecule has 102 valence electrons. The maximum atomic E-state index is 12.6. The summed E-state index contributed by atoms with van der Waals surface area (Å²) in [7, 11) is 0. The molecule has 0 bridgehead atoms. The first-order chi connectivity index (χ1) is 8.91. The van der Waals surface area contributed by atoms with Crippen molar-refractivity contribution in [2.75, 3.05) is 12.3 Å².